The molecule has 0 aliphatic heterocycles. The van der Waals surface area contributed by atoms with Gasteiger partial charge in [0.05, 0.1) is 4.92 Å². The number of pyridine rings is 1. The summed E-state index contributed by atoms with van der Waals surface area (Å²) in [7, 11) is 0. The first kappa shape index (κ1) is 14.5. The zero-order valence-electron chi connectivity index (χ0n) is 12.4. The number of nitrogen functional groups attached to an aromatic ring is 1. The second-order valence-corrected chi connectivity index (χ2v) is 7.03. The number of aromatic nitrogens is 1. The highest BCUT2D eigenvalue weighted by Gasteiger charge is 2.36. The summed E-state index contributed by atoms with van der Waals surface area (Å²) in [4.78, 5) is 15.1. The molecule has 1 heterocycles. The molecule has 0 aromatic carbocycles. The summed E-state index contributed by atoms with van der Waals surface area (Å²) in [6.07, 6.45) is 5.45. The predicted molar refractivity (Wildman–Crippen MR) is 80.1 cm³/mol. The van der Waals surface area contributed by atoms with E-state index in [1.54, 1.807) is 0 Å². The molecule has 0 saturated carbocycles. The minimum atomic E-state index is -0.437. The molecule has 108 valence electrons. The van der Waals surface area contributed by atoms with E-state index in [9.17, 15) is 10.1 Å². The fourth-order valence-electron chi connectivity index (χ4n) is 3.43. The van der Waals surface area contributed by atoms with Crippen LogP contribution in [0.1, 0.15) is 46.2 Å². The van der Waals surface area contributed by atoms with Crippen molar-refractivity contribution < 1.29 is 4.92 Å². The molecule has 0 unspecified atom stereocenters. The SMILES string of the molecule is CC1(C)C=C(c2nccc(N)c2[N+](=O)[O-])CC(C)(C)C1. The normalized spacial score (nSPS) is 20.3. The van der Waals surface area contributed by atoms with E-state index in [1.807, 2.05) is 0 Å². The van der Waals surface area contributed by atoms with Crippen LogP contribution in [-0.4, -0.2) is 9.91 Å². The molecule has 0 amide bonds. The minimum absolute atomic E-state index is 0.00274. The minimum Gasteiger partial charge on any atom is -0.393 e. The Morgan fingerprint density at radius 3 is 2.55 bits per heavy atom. The van der Waals surface area contributed by atoms with E-state index in [2.05, 4.69) is 38.8 Å². The Bertz CT molecular complexity index is 589. The van der Waals surface area contributed by atoms with Crippen molar-refractivity contribution in [3.8, 4) is 0 Å². The average molecular weight is 275 g/mol. The monoisotopic (exact) mass is 275 g/mol. The maximum absolute atomic E-state index is 11.3. The van der Waals surface area contributed by atoms with Crippen molar-refractivity contribution in [1.29, 1.82) is 0 Å². The molecular weight excluding hydrogens is 254 g/mol. The number of nitrogens with two attached hydrogens (primary N) is 1. The lowest BCUT2D eigenvalue weighted by molar-refractivity contribution is -0.384. The largest absolute Gasteiger partial charge is 0.393 e. The van der Waals surface area contributed by atoms with Gasteiger partial charge in [-0.25, -0.2) is 4.98 Å². The van der Waals surface area contributed by atoms with E-state index in [1.165, 1.54) is 12.3 Å². The number of hydrogen-bond donors (Lipinski definition) is 1. The molecule has 0 fully saturated rings. The van der Waals surface area contributed by atoms with Gasteiger partial charge in [0.1, 0.15) is 11.4 Å². The molecule has 0 radical (unpaired) electrons. The van der Waals surface area contributed by atoms with Crippen LogP contribution in [0.3, 0.4) is 0 Å². The Labute approximate surface area is 119 Å². The maximum Gasteiger partial charge on any atom is 0.317 e. The summed E-state index contributed by atoms with van der Waals surface area (Å²) in [5.74, 6) is 0. The van der Waals surface area contributed by atoms with E-state index in [0.717, 1.165) is 18.4 Å². The van der Waals surface area contributed by atoms with Crippen LogP contribution >= 0.6 is 0 Å². The molecule has 1 aliphatic rings. The first-order chi connectivity index (χ1) is 9.11. The summed E-state index contributed by atoms with van der Waals surface area (Å²) < 4.78 is 0. The smallest absolute Gasteiger partial charge is 0.317 e. The number of nitro groups is 1. The highest BCUT2D eigenvalue weighted by Crippen LogP contribution is 2.48. The van der Waals surface area contributed by atoms with Gasteiger partial charge in [0.25, 0.3) is 0 Å². The fourth-order valence-corrected chi connectivity index (χ4v) is 3.43. The topological polar surface area (TPSA) is 82.0 Å². The van der Waals surface area contributed by atoms with E-state index >= 15 is 0 Å². The van der Waals surface area contributed by atoms with E-state index in [0.29, 0.717) is 5.69 Å². The third-order valence-corrected chi connectivity index (χ3v) is 3.61. The first-order valence-corrected chi connectivity index (χ1v) is 6.72. The first-order valence-electron chi connectivity index (χ1n) is 6.72. The Kier molecular flexibility index (Phi) is 3.32. The lowest BCUT2D eigenvalue weighted by Crippen LogP contribution is -2.27. The summed E-state index contributed by atoms with van der Waals surface area (Å²) in [6, 6.07) is 1.47. The van der Waals surface area contributed by atoms with Gasteiger partial charge in [0.2, 0.25) is 0 Å². The van der Waals surface area contributed by atoms with Gasteiger partial charge in [-0.3, -0.25) is 10.1 Å². The Hall–Kier alpha value is -1.91. The van der Waals surface area contributed by atoms with Gasteiger partial charge in [-0.05, 0) is 35.3 Å². The Balaban J connectivity index is 2.60. The summed E-state index contributed by atoms with van der Waals surface area (Å²) in [6.45, 7) is 8.65. The highest BCUT2D eigenvalue weighted by molar-refractivity contribution is 5.77. The standard InChI is InChI=1S/C15H21N3O2/c1-14(2)7-10(8-15(3,4)9-14)12-13(18(19)20)11(16)5-6-17-12/h5-7H,8-9H2,1-4H3,(H2,16,17). The van der Waals surface area contributed by atoms with Crippen LogP contribution in [0.2, 0.25) is 0 Å². The van der Waals surface area contributed by atoms with Crippen molar-refractivity contribution in [3.63, 3.8) is 0 Å². The van der Waals surface area contributed by atoms with Gasteiger partial charge in [-0.2, -0.15) is 0 Å². The van der Waals surface area contributed by atoms with Gasteiger partial charge in [0.15, 0.2) is 0 Å². The maximum atomic E-state index is 11.3. The second-order valence-electron chi connectivity index (χ2n) is 7.03. The van der Waals surface area contributed by atoms with Gasteiger partial charge in [0, 0.05) is 6.20 Å². The van der Waals surface area contributed by atoms with Gasteiger partial charge >= 0.3 is 5.69 Å². The summed E-state index contributed by atoms with van der Waals surface area (Å²) in [5, 5.41) is 11.3. The Morgan fingerprint density at radius 1 is 1.35 bits per heavy atom. The number of rotatable bonds is 2. The van der Waals surface area contributed by atoms with Crippen LogP contribution in [0.25, 0.3) is 5.57 Å². The van der Waals surface area contributed by atoms with Crippen molar-refractivity contribution in [1.82, 2.24) is 4.98 Å². The Morgan fingerprint density at radius 2 is 2.00 bits per heavy atom. The number of allylic oxidation sites excluding steroid dienone is 2. The number of anilines is 1. The summed E-state index contributed by atoms with van der Waals surface area (Å²) >= 11 is 0. The molecule has 2 rings (SSSR count). The van der Waals surface area contributed by atoms with Gasteiger partial charge < -0.3 is 5.73 Å². The van der Waals surface area contributed by atoms with Gasteiger partial charge in [-0.15, -0.1) is 0 Å². The molecule has 0 atom stereocenters. The molecule has 20 heavy (non-hydrogen) atoms. The fraction of sp³-hybridized carbons (Fsp3) is 0.533. The van der Waals surface area contributed by atoms with Crippen LogP contribution in [0.5, 0.6) is 0 Å². The third kappa shape index (κ3) is 2.81. The quantitative estimate of drug-likeness (QED) is 0.657. The number of hydrogen-bond acceptors (Lipinski definition) is 4. The molecule has 0 bridgehead atoms. The van der Waals surface area contributed by atoms with Crippen LogP contribution in [-0.2, 0) is 0 Å². The second kappa shape index (κ2) is 4.58. The zero-order valence-corrected chi connectivity index (χ0v) is 12.4. The van der Waals surface area contributed by atoms with Crippen molar-refractivity contribution in [2.45, 2.75) is 40.5 Å². The van der Waals surface area contributed by atoms with Crippen LogP contribution < -0.4 is 5.73 Å². The van der Waals surface area contributed by atoms with Gasteiger partial charge in [-0.1, -0.05) is 33.8 Å². The van der Waals surface area contributed by atoms with E-state index < -0.39 is 4.92 Å². The lowest BCUT2D eigenvalue weighted by Gasteiger charge is -2.39. The third-order valence-electron chi connectivity index (χ3n) is 3.61. The molecule has 1 aromatic heterocycles. The van der Waals surface area contributed by atoms with Crippen molar-refractivity contribution >= 4 is 16.9 Å². The molecule has 0 spiro atoms. The van der Waals surface area contributed by atoms with Crippen molar-refractivity contribution in [2.24, 2.45) is 10.8 Å². The lowest BCUT2D eigenvalue weighted by atomic mass is 9.66. The van der Waals surface area contributed by atoms with Crippen molar-refractivity contribution in [2.75, 3.05) is 5.73 Å². The highest BCUT2D eigenvalue weighted by atomic mass is 16.6. The summed E-state index contributed by atoms with van der Waals surface area (Å²) in [5.41, 5.74) is 7.27. The molecule has 1 aliphatic carbocycles. The predicted octanol–water partition coefficient (Wildman–Crippen LogP) is 3.80. The van der Waals surface area contributed by atoms with E-state index in [-0.39, 0.29) is 22.2 Å². The molecule has 1 aromatic rings. The molecule has 2 N–H and O–H groups in total. The van der Waals surface area contributed by atoms with Crippen LogP contribution in [0, 0.1) is 20.9 Å². The molecular formula is C15H21N3O2. The van der Waals surface area contributed by atoms with Crippen molar-refractivity contribution in [3.05, 3.63) is 34.1 Å². The van der Waals surface area contributed by atoms with Crippen LogP contribution in [0.15, 0.2) is 18.3 Å². The molecule has 5 heteroatoms. The molecule has 5 nitrogen and oxygen atoms in total. The average Bonchev–Trinajstić information content (AvgIpc) is 2.23. The zero-order chi connectivity index (χ0) is 15.1. The number of nitrogens with zero attached hydrogens (tertiary/aromatic N) is 2. The van der Waals surface area contributed by atoms with Crippen LogP contribution in [0.4, 0.5) is 11.4 Å². The molecule has 0 saturated heterocycles. The van der Waals surface area contributed by atoms with E-state index in [4.69, 9.17) is 5.73 Å².